The Hall–Kier alpha value is -1.35. The first-order chi connectivity index (χ1) is 8.75. The molecule has 3 unspecified atom stereocenters. The fourth-order valence-corrected chi connectivity index (χ4v) is 3.41. The molecule has 96 valence electrons. The van der Waals surface area contributed by atoms with Crippen molar-refractivity contribution in [3.63, 3.8) is 0 Å². The molecule has 2 aliphatic rings. The third-order valence-electron chi connectivity index (χ3n) is 4.46. The summed E-state index contributed by atoms with van der Waals surface area (Å²) in [6.45, 7) is 1.84. The molecule has 0 aromatic heterocycles. The molecule has 2 fully saturated rings. The fourth-order valence-electron chi connectivity index (χ4n) is 3.41. The number of hydrogen-bond donors (Lipinski definition) is 1. The maximum absolute atomic E-state index is 12.4. The van der Waals surface area contributed by atoms with Crippen molar-refractivity contribution < 1.29 is 4.79 Å². The summed E-state index contributed by atoms with van der Waals surface area (Å²) in [5.74, 6) is 1.56. The van der Waals surface area contributed by atoms with Crippen LogP contribution < -0.4 is 5.73 Å². The van der Waals surface area contributed by atoms with Gasteiger partial charge in [0.1, 0.15) is 6.04 Å². The Morgan fingerprint density at radius 3 is 2.39 bits per heavy atom. The Balaban J connectivity index is 1.68. The highest BCUT2D eigenvalue weighted by atomic mass is 16.2. The molecule has 0 spiro atoms. The molecule has 1 aliphatic heterocycles. The molecule has 2 N–H and O–H groups in total. The zero-order chi connectivity index (χ0) is 12.5. The maximum atomic E-state index is 12.4. The Kier molecular flexibility index (Phi) is 3.08. The van der Waals surface area contributed by atoms with Crippen LogP contribution in [0.2, 0.25) is 0 Å². The number of nitrogens with zero attached hydrogens (tertiary/aromatic N) is 1. The lowest BCUT2D eigenvalue weighted by atomic mass is 10.0. The Morgan fingerprint density at radius 1 is 1.17 bits per heavy atom. The van der Waals surface area contributed by atoms with Crippen molar-refractivity contribution in [1.82, 2.24) is 4.90 Å². The van der Waals surface area contributed by atoms with Crippen LogP contribution in [-0.4, -0.2) is 23.9 Å². The number of benzene rings is 1. The number of rotatable bonds is 2. The van der Waals surface area contributed by atoms with Crippen molar-refractivity contribution in [3.8, 4) is 0 Å². The van der Waals surface area contributed by atoms with Crippen LogP contribution in [0.1, 0.15) is 30.9 Å². The van der Waals surface area contributed by atoms with Crippen LogP contribution in [0.15, 0.2) is 30.3 Å². The highest BCUT2D eigenvalue weighted by molar-refractivity contribution is 5.83. The average Bonchev–Trinajstić information content (AvgIpc) is 2.99. The number of carbonyl (C=O) groups is 1. The molecule has 18 heavy (non-hydrogen) atoms. The number of likely N-dealkylation sites (tertiary alicyclic amines) is 1. The summed E-state index contributed by atoms with van der Waals surface area (Å²) >= 11 is 0. The van der Waals surface area contributed by atoms with Gasteiger partial charge in [0.2, 0.25) is 5.91 Å². The van der Waals surface area contributed by atoms with Gasteiger partial charge in [-0.3, -0.25) is 4.79 Å². The van der Waals surface area contributed by atoms with E-state index in [-0.39, 0.29) is 5.91 Å². The van der Waals surface area contributed by atoms with E-state index in [1.807, 2.05) is 35.2 Å². The van der Waals surface area contributed by atoms with E-state index in [1.165, 1.54) is 19.3 Å². The van der Waals surface area contributed by atoms with E-state index < -0.39 is 6.04 Å². The Labute approximate surface area is 108 Å². The van der Waals surface area contributed by atoms with Crippen LogP contribution in [0.25, 0.3) is 0 Å². The van der Waals surface area contributed by atoms with Crippen molar-refractivity contribution in [1.29, 1.82) is 0 Å². The highest BCUT2D eigenvalue weighted by Crippen LogP contribution is 2.38. The van der Waals surface area contributed by atoms with Crippen LogP contribution in [-0.2, 0) is 4.79 Å². The second-order valence-corrected chi connectivity index (χ2v) is 5.58. The van der Waals surface area contributed by atoms with E-state index in [0.29, 0.717) is 0 Å². The van der Waals surface area contributed by atoms with Gasteiger partial charge in [-0.1, -0.05) is 36.8 Å². The quantitative estimate of drug-likeness (QED) is 0.864. The standard InChI is InChI=1S/C15H20N2O/c16-14(11-5-2-1-3-6-11)15(18)17-9-12-7-4-8-13(12)10-17/h1-3,5-6,12-14H,4,7-10,16H2. The van der Waals surface area contributed by atoms with Gasteiger partial charge in [0.05, 0.1) is 0 Å². The summed E-state index contributed by atoms with van der Waals surface area (Å²) in [6.07, 6.45) is 3.91. The number of amides is 1. The highest BCUT2D eigenvalue weighted by Gasteiger charge is 2.39. The lowest BCUT2D eigenvalue weighted by Crippen LogP contribution is -2.37. The third-order valence-corrected chi connectivity index (χ3v) is 4.46. The SMILES string of the molecule is NC(C(=O)N1CC2CCCC2C1)c1ccccc1. The van der Waals surface area contributed by atoms with E-state index in [9.17, 15) is 4.79 Å². The van der Waals surface area contributed by atoms with Gasteiger partial charge in [-0.15, -0.1) is 0 Å². The van der Waals surface area contributed by atoms with Gasteiger partial charge in [-0.2, -0.15) is 0 Å². The lowest BCUT2D eigenvalue weighted by Gasteiger charge is -2.21. The fraction of sp³-hybridized carbons (Fsp3) is 0.533. The van der Waals surface area contributed by atoms with E-state index >= 15 is 0 Å². The molecule has 1 amide bonds. The van der Waals surface area contributed by atoms with E-state index in [4.69, 9.17) is 5.73 Å². The van der Waals surface area contributed by atoms with Crippen molar-refractivity contribution >= 4 is 5.91 Å². The minimum absolute atomic E-state index is 0.0931. The summed E-state index contributed by atoms with van der Waals surface area (Å²) in [7, 11) is 0. The topological polar surface area (TPSA) is 46.3 Å². The molecule has 1 saturated heterocycles. The molecule has 1 saturated carbocycles. The molecule has 1 aromatic rings. The first-order valence-electron chi connectivity index (χ1n) is 6.85. The van der Waals surface area contributed by atoms with Crippen molar-refractivity contribution in [3.05, 3.63) is 35.9 Å². The molecule has 1 aliphatic carbocycles. The summed E-state index contributed by atoms with van der Waals surface area (Å²) in [5, 5.41) is 0. The average molecular weight is 244 g/mol. The Morgan fingerprint density at radius 2 is 1.78 bits per heavy atom. The van der Waals surface area contributed by atoms with Crippen LogP contribution in [0.3, 0.4) is 0 Å². The lowest BCUT2D eigenvalue weighted by molar-refractivity contribution is -0.132. The minimum Gasteiger partial charge on any atom is -0.340 e. The predicted molar refractivity (Wildman–Crippen MR) is 70.8 cm³/mol. The van der Waals surface area contributed by atoms with Gasteiger partial charge in [0.15, 0.2) is 0 Å². The normalized spacial score (nSPS) is 28.2. The first kappa shape index (κ1) is 11.7. The second-order valence-electron chi connectivity index (χ2n) is 5.58. The van der Waals surface area contributed by atoms with E-state index in [0.717, 1.165) is 30.5 Å². The molecule has 1 heterocycles. The van der Waals surface area contributed by atoms with E-state index in [2.05, 4.69) is 0 Å². The number of nitrogens with two attached hydrogens (primary N) is 1. The first-order valence-corrected chi connectivity index (χ1v) is 6.85. The van der Waals surface area contributed by atoms with Crippen LogP contribution in [0.5, 0.6) is 0 Å². The molecule has 0 bridgehead atoms. The summed E-state index contributed by atoms with van der Waals surface area (Å²) in [5.41, 5.74) is 6.99. The van der Waals surface area contributed by atoms with Gasteiger partial charge in [-0.25, -0.2) is 0 Å². The summed E-state index contributed by atoms with van der Waals surface area (Å²) in [6, 6.07) is 9.17. The number of carbonyl (C=O) groups excluding carboxylic acids is 1. The smallest absolute Gasteiger partial charge is 0.244 e. The minimum atomic E-state index is -0.495. The number of hydrogen-bond acceptors (Lipinski definition) is 2. The van der Waals surface area contributed by atoms with Gasteiger partial charge < -0.3 is 10.6 Å². The van der Waals surface area contributed by atoms with Crippen LogP contribution >= 0.6 is 0 Å². The van der Waals surface area contributed by atoms with Gasteiger partial charge in [-0.05, 0) is 30.2 Å². The van der Waals surface area contributed by atoms with Crippen LogP contribution in [0.4, 0.5) is 0 Å². The largest absolute Gasteiger partial charge is 0.340 e. The zero-order valence-corrected chi connectivity index (χ0v) is 10.6. The van der Waals surface area contributed by atoms with Gasteiger partial charge in [0.25, 0.3) is 0 Å². The molecule has 3 nitrogen and oxygen atoms in total. The summed E-state index contributed by atoms with van der Waals surface area (Å²) in [4.78, 5) is 14.4. The predicted octanol–water partition coefficient (Wildman–Crippen LogP) is 1.94. The molecule has 0 radical (unpaired) electrons. The molecule has 3 heteroatoms. The second kappa shape index (κ2) is 4.73. The Bertz CT molecular complexity index is 419. The molecular weight excluding hydrogens is 224 g/mol. The van der Waals surface area contributed by atoms with Crippen molar-refractivity contribution in [2.24, 2.45) is 17.6 Å². The van der Waals surface area contributed by atoms with Crippen molar-refractivity contribution in [2.45, 2.75) is 25.3 Å². The molecule has 1 aromatic carbocycles. The van der Waals surface area contributed by atoms with E-state index in [1.54, 1.807) is 0 Å². The maximum Gasteiger partial charge on any atom is 0.244 e. The monoisotopic (exact) mass is 244 g/mol. The molecule has 3 atom stereocenters. The third kappa shape index (κ3) is 2.03. The van der Waals surface area contributed by atoms with Gasteiger partial charge in [0, 0.05) is 13.1 Å². The van der Waals surface area contributed by atoms with Crippen LogP contribution in [0, 0.1) is 11.8 Å². The summed E-state index contributed by atoms with van der Waals surface area (Å²) < 4.78 is 0. The van der Waals surface area contributed by atoms with Crippen molar-refractivity contribution in [2.75, 3.05) is 13.1 Å². The molecular formula is C15H20N2O. The number of fused-ring (bicyclic) bond motifs is 1. The molecule has 3 rings (SSSR count). The van der Waals surface area contributed by atoms with Gasteiger partial charge >= 0.3 is 0 Å². The zero-order valence-electron chi connectivity index (χ0n) is 10.6.